The van der Waals surface area contributed by atoms with Gasteiger partial charge in [-0.1, -0.05) is 18.2 Å². The van der Waals surface area contributed by atoms with Crippen LogP contribution in [0.15, 0.2) is 48.5 Å². The molecule has 1 aliphatic heterocycles. The molecule has 4 amide bonds. The van der Waals surface area contributed by atoms with Crippen molar-refractivity contribution in [1.29, 1.82) is 0 Å². The van der Waals surface area contributed by atoms with Crippen LogP contribution in [-0.4, -0.2) is 50.1 Å². The molecule has 1 saturated heterocycles. The number of hydrogen-bond donors (Lipinski definition) is 3. The lowest BCUT2D eigenvalue weighted by Crippen LogP contribution is -2.30. The molecule has 1 heterocycles. The van der Waals surface area contributed by atoms with Gasteiger partial charge in [0.1, 0.15) is 5.75 Å². The van der Waals surface area contributed by atoms with E-state index in [9.17, 15) is 14.4 Å². The Morgan fingerprint density at radius 1 is 1.13 bits per heavy atom. The lowest BCUT2D eigenvalue weighted by atomic mass is 10.1. The van der Waals surface area contributed by atoms with Gasteiger partial charge in [-0.15, -0.1) is 0 Å². The van der Waals surface area contributed by atoms with E-state index in [2.05, 4.69) is 16.0 Å². The van der Waals surface area contributed by atoms with E-state index in [4.69, 9.17) is 4.74 Å². The minimum absolute atomic E-state index is 0.0179. The van der Waals surface area contributed by atoms with E-state index in [1.54, 1.807) is 23.1 Å². The molecule has 162 valence electrons. The summed E-state index contributed by atoms with van der Waals surface area (Å²) in [6.45, 7) is 1.70. The van der Waals surface area contributed by atoms with E-state index in [1.807, 2.05) is 30.3 Å². The Kier molecular flexibility index (Phi) is 6.35. The number of anilines is 1. The zero-order valence-corrected chi connectivity index (χ0v) is 17.2. The Morgan fingerprint density at radius 3 is 2.65 bits per heavy atom. The number of benzene rings is 2. The van der Waals surface area contributed by atoms with E-state index in [0.717, 1.165) is 18.4 Å². The van der Waals surface area contributed by atoms with Crippen LogP contribution in [0.25, 0.3) is 0 Å². The number of carbonyl (C=O) groups is 3. The number of hydrogen-bond acceptors (Lipinski definition) is 4. The second-order valence-electron chi connectivity index (χ2n) is 7.71. The van der Waals surface area contributed by atoms with Crippen LogP contribution in [0.2, 0.25) is 0 Å². The van der Waals surface area contributed by atoms with Crippen molar-refractivity contribution in [2.24, 2.45) is 0 Å². The van der Waals surface area contributed by atoms with E-state index in [-0.39, 0.29) is 24.5 Å². The van der Waals surface area contributed by atoms with Gasteiger partial charge in [0.2, 0.25) is 0 Å². The topological polar surface area (TPSA) is 99.8 Å². The molecule has 2 aliphatic rings. The van der Waals surface area contributed by atoms with Gasteiger partial charge in [0.25, 0.3) is 11.8 Å². The number of nitrogens with one attached hydrogen (secondary N) is 3. The normalized spacial score (nSPS) is 15.4. The molecule has 2 aromatic rings. The summed E-state index contributed by atoms with van der Waals surface area (Å²) in [5, 5.41) is 8.55. The monoisotopic (exact) mass is 422 g/mol. The molecule has 1 aliphatic carbocycles. The fraction of sp³-hybridized carbons (Fsp3) is 0.348. The van der Waals surface area contributed by atoms with E-state index in [1.165, 1.54) is 0 Å². The molecule has 2 aromatic carbocycles. The standard InChI is InChI=1S/C23H26N4O4/c28-21(26-18-6-7-18)15-31-20-8-4-16(5-9-20)10-11-24-22(29)17-2-1-3-19(14-17)27-13-12-25-23(27)30/h1-5,8-9,14,18H,6-7,10-13,15H2,(H,24,29)(H,25,30)(H,26,28). The summed E-state index contributed by atoms with van der Waals surface area (Å²) < 4.78 is 5.50. The molecule has 31 heavy (non-hydrogen) atoms. The number of amides is 4. The molecular formula is C23H26N4O4. The highest BCUT2D eigenvalue weighted by atomic mass is 16.5. The van der Waals surface area contributed by atoms with Gasteiger partial charge in [-0.05, 0) is 55.2 Å². The van der Waals surface area contributed by atoms with Gasteiger partial charge in [0.05, 0.1) is 0 Å². The largest absolute Gasteiger partial charge is 0.484 e. The fourth-order valence-electron chi connectivity index (χ4n) is 3.35. The fourth-order valence-corrected chi connectivity index (χ4v) is 3.35. The SMILES string of the molecule is O=C(COc1ccc(CCNC(=O)c2cccc(N3CCNC3=O)c2)cc1)NC1CC1. The van der Waals surface area contributed by atoms with Crippen LogP contribution in [0.1, 0.15) is 28.8 Å². The zero-order chi connectivity index (χ0) is 21.6. The average Bonchev–Trinajstić information content (AvgIpc) is 3.49. The molecule has 1 saturated carbocycles. The number of carbonyl (C=O) groups excluding carboxylic acids is 3. The lowest BCUT2D eigenvalue weighted by molar-refractivity contribution is -0.123. The maximum atomic E-state index is 12.5. The third kappa shape index (κ3) is 5.75. The van der Waals surface area contributed by atoms with Crippen LogP contribution < -0.4 is 25.6 Å². The Labute approximate surface area is 180 Å². The maximum Gasteiger partial charge on any atom is 0.321 e. The van der Waals surface area contributed by atoms with E-state index in [0.29, 0.717) is 49.1 Å². The van der Waals surface area contributed by atoms with Crippen molar-refractivity contribution < 1.29 is 19.1 Å². The Hall–Kier alpha value is -3.55. The van der Waals surface area contributed by atoms with Crippen molar-refractivity contribution in [1.82, 2.24) is 16.0 Å². The first-order valence-corrected chi connectivity index (χ1v) is 10.5. The third-order valence-corrected chi connectivity index (χ3v) is 5.21. The third-order valence-electron chi connectivity index (χ3n) is 5.21. The molecule has 0 atom stereocenters. The van der Waals surface area contributed by atoms with Crippen molar-refractivity contribution in [3.63, 3.8) is 0 Å². The van der Waals surface area contributed by atoms with Gasteiger partial charge in [-0.3, -0.25) is 14.5 Å². The first kappa shape index (κ1) is 20.7. The minimum atomic E-state index is -0.178. The molecule has 0 bridgehead atoms. The van der Waals surface area contributed by atoms with Gasteiger partial charge in [-0.25, -0.2) is 4.79 Å². The lowest BCUT2D eigenvalue weighted by Gasteiger charge is -2.15. The molecule has 0 radical (unpaired) electrons. The van der Waals surface area contributed by atoms with Crippen molar-refractivity contribution in [3.05, 3.63) is 59.7 Å². The molecule has 3 N–H and O–H groups in total. The van der Waals surface area contributed by atoms with Crippen LogP contribution in [0, 0.1) is 0 Å². The molecule has 0 aromatic heterocycles. The Balaban J connectivity index is 1.22. The van der Waals surface area contributed by atoms with Crippen LogP contribution in [0.5, 0.6) is 5.75 Å². The summed E-state index contributed by atoms with van der Waals surface area (Å²) in [6.07, 6.45) is 2.78. The second-order valence-corrected chi connectivity index (χ2v) is 7.71. The van der Waals surface area contributed by atoms with Gasteiger partial charge in [0, 0.05) is 36.9 Å². The average molecular weight is 422 g/mol. The molecule has 4 rings (SSSR count). The van der Waals surface area contributed by atoms with Crippen molar-refractivity contribution in [2.75, 3.05) is 31.1 Å². The minimum Gasteiger partial charge on any atom is -0.484 e. The first-order chi connectivity index (χ1) is 15.1. The first-order valence-electron chi connectivity index (χ1n) is 10.5. The predicted molar refractivity (Wildman–Crippen MR) is 116 cm³/mol. The Bertz CT molecular complexity index is 956. The maximum absolute atomic E-state index is 12.5. The van der Waals surface area contributed by atoms with Crippen LogP contribution in [-0.2, 0) is 11.2 Å². The van der Waals surface area contributed by atoms with Gasteiger partial charge >= 0.3 is 6.03 Å². The van der Waals surface area contributed by atoms with E-state index < -0.39 is 0 Å². The highest BCUT2D eigenvalue weighted by Gasteiger charge is 2.23. The highest BCUT2D eigenvalue weighted by Crippen LogP contribution is 2.19. The highest BCUT2D eigenvalue weighted by molar-refractivity contribution is 5.98. The van der Waals surface area contributed by atoms with Gasteiger partial charge < -0.3 is 20.7 Å². The van der Waals surface area contributed by atoms with Gasteiger partial charge in [-0.2, -0.15) is 0 Å². The van der Waals surface area contributed by atoms with Gasteiger partial charge in [0.15, 0.2) is 6.61 Å². The molecule has 0 unspecified atom stereocenters. The van der Waals surface area contributed by atoms with Crippen molar-refractivity contribution in [2.45, 2.75) is 25.3 Å². The summed E-state index contributed by atoms with van der Waals surface area (Å²) in [7, 11) is 0. The van der Waals surface area contributed by atoms with Crippen molar-refractivity contribution >= 4 is 23.5 Å². The van der Waals surface area contributed by atoms with Crippen LogP contribution in [0.4, 0.5) is 10.5 Å². The molecule has 8 nitrogen and oxygen atoms in total. The van der Waals surface area contributed by atoms with E-state index >= 15 is 0 Å². The summed E-state index contributed by atoms with van der Waals surface area (Å²) in [5.41, 5.74) is 2.28. The van der Waals surface area contributed by atoms with Crippen LogP contribution >= 0.6 is 0 Å². The van der Waals surface area contributed by atoms with Crippen LogP contribution in [0.3, 0.4) is 0 Å². The summed E-state index contributed by atoms with van der Waals surface area (Å²) in [4.78, 5) is 37.6. The second kappa shape index (κ2) is 9.51. The summed E-state index contributed by atoms with van der Waals surface area (Å²) in [5.74, 6) is 0.369. The smallest absolute Gasteiger partial charge is 0.321 e. The quantitative estimate of drug-likeness (QED) is 0.574. The molecule has 8 heteroatoms. The number of ether oxygens (including phenoxy) is 1. The molecule has 2 fully saturated rings. The zero-order valence-electron chi connectivity index (χ0n) is 17.2. The summed E-state index contributed by atoms with van der Waals surface area (Å²) in [6, 6.07) is 14.7. The van der Waals surface area contributed by atoms with Crippen molar-refractivity contribution in [3.8, 4) is 5.75 Å². The number of rotatable bonds is 9. The predicted octanol–water partition coefficient (Wildman–Crippen LogP) is 1.85. The molecule has 0 spiro atoms. The Morgan fingerprint density at radius 2 is 1.94 bits per heavy atom. The number of urea groups is 1. The summed E-state index contributed by atoms with van der Waals surface area (Å²) >= 11 is 0. The molecular weight excluding hydrogens is 396 g/mol. The number of nitrogens with zero attached hydrogens (tertiary/aromatic N) is 1.